The lowest BCUT2D eigenvalue weighted by Gasteiger charge is -2.40. The summed E-state index contributed by atoms with van der Waals surface area (Å²) in [5, 5.41) is 0. The number of hydrogen-bond donors (Lipinski definition) is 1. The third-order valence-electron chi connectivity index (χ3n) is 4.76. The largest absolute Gasteiger partial charge is 0.326 e. The Bertz CT molecular complexity index is 245. The Balaban J connectivity index is 1.62. The molecule has 0 saturated carbocycles. The third-order valence-corrected chi connectivity index (χ3v) is 4.76. The van der Waals surface area contributed by atoms with Crippen LogP contribution in [-0.2, 0) is 0 Å². The van der Waals surface area contributed by atoms with Crippen molar-refractivity contribution in [1.29, 1.82) is 0 Å². The summed E-state index contributed by atoms with van der Waals surface area (Å²) in [6.45, 7) is 10.8. The molecule has 2 N–H and O–H groups in total. The summed E-state index contributed by atoms with van der Waals surface area (Å²) in [7, 11) is 0. The molecule has 2 rings (SSSR count). The molecule has 19 heavy (non-hydrogen) atoms. The normalized spacial score (nSPS) is 24.8. The van der Waals surface area contributed by atoms with Crippen LogP contribution in [-0.4, -0.2) is 54.1 Å². The Labute approximate surface area is 119 Å². The summed E-state index contributed by atoms with van der Waals surface area (Å²) < 4.78 is 0. The van der Waals surface area contributed by atoms with Gasteiger partial charge in [-0.2, -0.15) is 0 Å². The van der Waals surface area contributed by atoms with Crippen LogP contribution in [0.15, 0.2) is 0 Å². The molecule has 2 aliphatic heterocycles. The first-order chi connectivity index (χ1) is 9.04. The molecule has 0 aliphatic carbocycles. The van der Waals surface area contributed by atoms with Crippen molar-refractivity contribution in [2.75, 3.05) is 32.7 Å². The van der Waals surface area contributed by atoms with Crippen LogP contribution in [0.25, 0.3) is 0 Å². The summed E-state index contributed by atoms with van der Waals surface area (Å²) in [5.74, 6) is 0. The van der Waals surface area contributed by atoms with Gasteiger partial charge in [-0.05, 0) is 85.1 Å². The van der Waals surface area contributed by atoms with E-state index in [0.29, 0.717) is 0 Å². The number of hydrogen-bond acceptors (Lipinski definition) is 3. The van der Waals surface area contributed by atoms with E-state index in [-0.39, 0.29) is 5.54 Å². The molecule has 112 valence electrons. The third kappa shape index (κ3) is 5.41. The standard InChI is InChI=1S/C16H33N3/c1-16(2,17)9-6-10-18-13-7-15(8-14-18)19-11-4-3-5-12-19/h15H,3-14,17H2,1-2H3. The molecule has 2 heterocycles. The molecule has 0 atom stereocenters. The molecular formula is C16H33N3. The van der Waals surface area contributed by atoms with E-state index in [4.69, 9.17) is 5.73 Å². The predicted molar refractivity (Wildman–Crippen MR) is 82.4 cm³/mol. The maximum atomic E-state index is 6.05. The second-order valence-corrected chi connectivity index (χ2v) is 7.26. The Kier molecular flexibility index (Phi) is 5.67. The van der Waals surface area contributed by atoms with Crippen molar-refractivity contribution in [2.24, 2.45) is 5.73 Å². The Morgan fingerprint density at radius 2 is 1.63 bits per heavy atom. The predicted octanol–water partition coefficient (Wildman–Crippen LogP) is 2.45. The molecule has 0 aromatic rings. The SMILES string of the molecule is CC(C)(N)CCCN1CCC(N2CCCCC2)CC1. The topological polar surface area (TPSA) is 32.5 Å². The fourth-order valence-corrected chi connectivity index (χ4v) is 3.55. The average molecular weight is 267 g/mol. The minimum atomic E-state index is 0.00607. The van der Waals surface area contributed by atoms with Crippen molar-refractivity contribution in [3.05, 3.63) is 0 Å². The summed E-state index contributed by atoms with van der Waals surface area (Å²) in [4.78, 5) is 5.40. The zero-order valence-electron chi connectivity index (χ0n) is 13.0. The van der Waals surface area contributed by atoms with Crippen LogP contribution in [0.5, 0.6) is 0 Å². The van der Waals surface area contributed by atoms with E-state index < -0.39 is 0 Å². The van der Waals surface area contributed by atoms with Crippen molar-refractivity contribution in [3.8, 4) is 0 Å². The van der Waals surface area contributed by atoms with Crippen molar-refractivity contribution in [3.63, 3.8) is 0 Å². The number of likely N-dealkylation sites (tertiary alicyclic amines) is 2. The second-order valence-electron chi connectivity index (χ2n) is 7.26. The van der Waals surface area contributed by atoms with E-state index in [1.54, 1.807) is 0 Å². The molecule has 2 fully saturated rings. The smallest absolute Gasteiger partial charge is 0.0120 e. The fourth-order valence-electron chi connectivity index (χ4n) is 3.55. The maximum Gasteiger partial charge on any atom is 0.0120 e. The van der Waals surface area contributed by atoms with Gasteiger partial charge < -0.3 is 15.5 Å². The monoisotopic (exact) mass is 267 g/mol. The summed E-state index contributed by atoms with van der Waals surface area (Å²) in [6, 6.07) is 0.877. The highest BCUT2D eigenvalue weighted by atomic mass is 15.2. The van der Waals surface area contributed by atoms with Crippen molar-refractivity contribution in [1.82, 2.24) is 9.80 Å². The molecule has 3 nitrogen and oxygen atoms in total. The van der Waals surface area contributed by atoms with Gasteiger partial charge in [0.1, 0.15) is 0 Å². The Hall–Kier alpha value is -0.120. The number of nitrogens with zero attached hydrogens (tertiary/aromatic N) is 2. The minimum Gasteiger partial charge on any atom is -0.326 e. The summed E-state index contributed by atoms with van der Waals surface area (Å²) >= 11 is 0. The molecule has 2 saturated heterocycles. The molecule has 2 aliphatic rings. The highest BCUT2D eigenvalue weighted by Gasteiger charge is 2.25. The molecule has 0 aromatic carbocycles. The van der Waals surface area contributed by atoms with Crippen LogP contribution in [0.1, 0.15) is 58.8 Å². The van der Waals surface area contributed by atoms with Crippen LogP contribution in [0, 0.1) is 0 Å². The Morgan fingerprint density at radius 3 is 2.21 bits per heavy atom. The summed E-state index contributed by atoms with van der Waals surface area (Å²) in [5.41, 5.74) is 6.05. The van der Waals surface area contributed by atoms with E-state index in [9.17, 15) is 0 Å². The second kappa shape index (κ2) is 7.05. The van der Waals surface area contributed by atoms with Gasteiger partial charge in [-0.25, -0.2) is 0 Å². The molecule has 0 spiro atoms. The van der Waals surface area contributed by atoms with E-state index >= 15 is 0 Å². The van der Waals surface area contributed by atoms with E-state index in [0.717, 1.165) is 12.5 Å². The minimum absolute atomic E-state index is 0.00607. The molecule has 3 heteroatoms. The van der Waals surface area contributed by atoms with Crippen molar-refractivity contribution >= 4 is 0 Å². The van der Waals surface area contributed by atoms with E-state index in [2.05, 4.69) is 23.6 Å². The van der Waals surface area contributed by atoms with Gasteiger partial charge in [0.2, 0.25) is 0 Å². The first kappa shape index (κ1) is 15.3. The van der Waals surface area contributed by atoms with Crippen LogP contribution >= 0.6 is 0 Å². The van der Waals surface area contributed by atoms with Crippen LogP contribution in [0.2, 0.25) is 0 Å². The highest BCUT2D eigenvalue weighted by molar-refractivity contribution is 4.82. The first-order valence-electron chi connectivity index (χ1n) is 8.30. The van der Waals surface area contributed by atoms with Gasteiger partial charge in [0.15, 0.2) is 0 Å². The van der Waals surface area contributed by atoms with E-state index in [1.807, 2.05) is 0 Å². The number of nitrogens with two attached hydrogens (primary N) is 1. The number of piperidine rings is 2. The van der Waals surface area contributed by atoms with Crippen LogP contribution < -0.4 is 5.73 Å². The van der Waals surface area contributed by atoms with Gasteiger partial charge in [0.25, 0.3) is 0 Å². The van der Waals surface area contributed by atoms with E-state index in [1.165, 1.54) is 71.2 Å². The lowest BCUT2D eigenvalue weighted by molar-refractivity contribution is 0.0912. The molecule has 0 bridgehead atoms. The summed E-state index contributed by atoms with van der Waals surface area (Å²) in [6.07, 6.45) is 9.44. The molecular weight excluding hydrogens is 234 g/mol. The lowest BCUT2D eigenvalue weighted by Crippen LogP contribution is -2.47. The van der Waals surface area contributed by atoms with Gasteiger partial charge >= 0.3 is 0 Å². The first-order valence-corrected chi connectivity index (χ1v) is 8.30. The maximum absolute atomic E-state index is 6.05. The molecule has 0 amide bonds. The quantitative estimate of drug-likeness (QED) is 0.830. The number of rotatable bonds is 5. The van der Waals surface area contributed by atoms with Crippen molar-refractivity contribution < 1.29 is 0 Å². The molecule has 0 unspecified atom stereocenters. The lowest BCUT2D eigenvalue weighted by atomic mass is 9.98. The zero-order chi connectivity index (χ0) is 13.7. The van der Waals surface area contributed by atoms with Gasteiger partial charge in [-0.3, -0.25) is 0 Å². The van der Waals surface area contributed by atoms with Crippen LogP contribution in [0.4, 0.5) is 0 Å². The fraction of sp³-hybridized carbons (Fsp3) is 1.00. The van der Waals surface area contributed by atoms with Gasteiger partial charge in [-0.1, -0.05) is 6.42 Å². The molecule has 0 aromatic heterocycles. The van der Waals surface area contributed by atoms with Gasteiger partial charge in [0, 0.05) is 11.6 Å². The van der Waals surface area contributed by atoms with Crippen LogP contribution in [0.3, 0.4) is 0 Å². The average Bonchev–Trinajstić information content (AvgIpc) is 2.39. The Morgan fingerprint density at radius 1 is 1.00 bits per heavy atom. The van der Waals surface area contributed by atoms with Gasteiger partial charge in [0.05, 0.1) is 0 Å². The zero-order valence-corrected chi connectivity index (χ0v) is 13.0. The van der Waals surface area contributed by atoms with Gasteiger partial charge in [-0.15, -0.1) is 0 Å². The highest BCUT2D eigenvalue weighted by Crippen LogP contribution is 2.21. The van der Waals surface area contributed by atoms with Crippen molar-refractivity contribution in [2.45, 2.75) is 70.4 Å². The molecule has 0 radical (unpaired) electrons.